The van der Waals surface area contributed by atoms with Crippen LogP contribution in [0.2, 0.25) is 0 Å². The van der Waals surface area contributed by atoms with Crippen molar-refractivity contribution in [3.63, 3.8) is 0 Å². The van der Waals surface area contributed by atoms with E-state index in [1.807, 2.05) is 0 Å². The number of aryl methyl sites for hydroxylation is 1. The van der Waals surface area contributed by atoms with Crippen molar-refractivity contribution >= 4 is 0 Å². The minimum Gasteiger partial charge on any atom is -0.0808 e. The number of hydrogen-bond donors (Lipinski definition) is 0. The van der Waals surface area contributed by atoms with E-state index in [1.165, 1.54) is 36.8 Å². The van der Waals surface area contributed by atoms with Crippen LogP contribution in [0.4, 0.5) is 0 Å². The molecule has 0 spiro atoms. The predicted octanol–water partition coefficient (Wildman–Crippen LogP) is 6.35. The van der Waals surface area contributed by atoms with E-state index in [1.54, 1.807) is 11.1 Å². The van der Waals surface area contributed by atoms with Crippen LogP contribution in [0.3, 0.4) is 0 Å². The van der Waals surface area contributed by atoms with Gasteiger partial charge in [0.15, 0.2) is 0 Å². The topological polar surface area (TPSA) is 0 Å². The van der Waals surface area contributed by atoms with Gasteiger partial charge in [-0.3, -0.25) is 0 Å². The van der Waals surface area contributed by atoms with E-state index in [-0.39, 0.29) is 0 Å². The fourth-order valence-corrected chi connectivity index (χ4v) is 4.45. The van der Waals surface area contributed by atoms with Crippen LogP contribution in [0.5, 0.6) is 0 Å². The molecule has 3 aliphatic rings. The first-order valence-corrected chi connectivity index (χ1v) is 9.21. The first-order valence-electron chi connectivity index (χ1n) is 9.21. The Morgan fingerprint density at radius 1 is 1.17 bits per heavy atom. The van der Waals surface area contributed by atoms with E-state index >= 15 is 0 Å². The Morgan fingerprint density at radius 3 is 2.65 bits per heavy atom. The molecular weight excluding hydrogens is 276 g/mol. The van der Waals surface area contributed by atoms with Crippen molar-refractivity contribution in [1.29, 1.82) is 0 Å². The largest absolute Gasteiger partial charge is 0.0808 e. The van der Waals surface area contributed by atoms with Gasteiger partial charge in [-0.2, -0.15) is 0 Å². The summed E-state index contributed by atoms with van der Waals surface area (Å²) in [5, 5.41) is 0. The molecule has 0 bridgehead atoms. The highest BCUT2D eigenvalue weighted by molar-refractivity contribution is 5.44. The maximum Gasteiger partial charge on any atom is -0.00902 e. The number of hydrogen-bond acceptors (Lipinski definition) is 0. The second-order valence-corrected chi connectivity index (χ2v) is 8.23. The average Bonchev–Trinajstić information content (AvgIpc) is 3.35. The molecule has 1 aromatic carbocycles. The van der Waals surface area contributed by atoms with Crippen LogP contribution in [0.25, 0.3) is 0 Å². The summed E-state index contributed by atoms with van der Waals surface area (Å²) in [4.78, 5) is 0. The van der Waals surface area contributed by atoms with Gasteiger partial charge in [0.2, 0.25) is 0 Å². The molecule has 4 atom stereocenters. The maximum atomic E-state index is 2.56. The summed E-state index contributed by atoms with van der Waals surface area (Å²) in [5.41, 5.74) is 6.55. The van der Waals surface area contributed by atoms with Crippen molar-refractivity contribution in [2.45, 2.75) is 52.4 Å². The van der Waals surface area contributed by atoms with Crippen LogP contribution in [-0.2, 0) is 0 Å². The van der Waals surface area contributed by atoms with Crippen LogP contribution < -0.4 is 0 Å². The highest BCUT2D eigenvalue weighted by Gasteiger charge is 2.41. The molecule has 0 radical (unpaired) electrons. The molecule has 0 heterocycles. The zero-order chi connectivity index (χ0) is 16.0. The Balaban J connectivity index is 1.52. The Morgan fingerprint density at radius 2 is 1.96 bits per heavy atom. The van der Waals surface area contributed by atoms with Crippen LogP contribution in [0.1, 0.15) is 56.6 Å². The molecule has 0 N–H and O–H groups in total. The molecule has 4 rings (SSSR count). The van der Waals surface area contributed by atoms with Gasteiger partial charge in [0.05, 0.1) is 0 Å². The molecule has 4 unspecified atom stereocenters. The van der Waals surface area contributed by atoms with Crippen LogP contribution >= 0.6 is 0 Å². The summed E-state index contributed by atoms with van der Waals surface area (Å²) in [5.74, 6) is 2.33. The zero-order valence-electron chi connectivity index (χ0n) is 14.7. The Hall–Kier alpha value is -1.56. The molecule has 0 amide bonds. The fraction of sp³-hybridized carbons (Fsp3) is 0.478. The van der Waals surface area contributed by atoms with Crippen LogP contribution in [0.15, 0.2) is 59.7 Å². The van der Waals surface area contributed by atoms with Gasteiger partial charge in [-0.15, -0.1) is 0 Å². The normalized spacial score (nSPS) is 33.5. The molecule has 120 valence electrons. The van der Waals surface area contributed by atoms with Crippen molar-refractivity contribution in [1.82, 2.24) is 0 Å². The third-order valence-electron chi connectivity index (χ3n) is 6.65. The zero-order valence-corrected chi connectivity index (χ0v) is 14.7. The van der Waals surface area contributed by atoms with E-state index in [0.717, 1.165) is 11.8 Å². The Labute approximate surface area is 141 Å². The first kappa shape index (κ1) is 15.0. The van der Waals surface area contributed by atoms with E-state index in [9.17, 15) is 0 Å². The van der Waals surface area contributed by atoms with Gasteiger partial charge in [0.1, 0.15) is 0 Å². The molecule has 1 saturated carbocycles. The van der Waals surface area contributed by atoms with Gasteiger partial charge in [-0.05, 0) is 72.5 Å². The molecule has 3 aliphatic carbocycles. The van der Waals surface area contributed by atoms with Gasteiger partial charge in [-0.25, -0.2) is 0 Å². The summed E-state index contributed by atoms with van der Waals surface area (Å²) in [6.07, 6.45) is 14.8. The summed E-state index contributed by atoms with van der Waals surface area (Å²) >= 11 is 0. The summed E-state index contributed by atoms with van der Waals surface area (Å²) in [7, 11) is 0. The van der Waals surface area contributed by atoms with Gasteiger partial charge in [0, 0.05) is 0 Å². The monoisotopic (exact) mass is 304 g/mol. The number of benzene rings is 1. The fourth-order valence-electron chi connectivity index (χ4n) is 4.45. The van der Waals surface area contributed by atoms with Crippen molar-refractivity contribution < 1.29 is 0 Å². The number of fused-ring (bicyclic) bond motifs is 1. The van der Waals surface area contributed by atoms with E-state index in [4.69, 9.17) is 0 Å². The van der Waals surface area contributed by atoms with E-state index in [2.05, 4.69) is 69.3 Å². The van der Waals surface area contributed by atoms with Crippen molar-refractivity contribution in [3.8, 4) is 0 Å². The number of rotatable bonds is 3. The Kier molecular flexibility index (Phi) is 3.59. The third-order valence-corrected chi connectivity index (χ3v) is 6.65. The number of allylic oxidation sites excluding steroid dienone is 6. The van der Waals surface area contributed by atoms with Gasteiger partial charge >= 0.3 is 0 Å². The summed E-state index contributed by atoms with van der Waals surface area (Å²) in [6, 6.07) is 9.17. The van der Waals surface area contributed by atoms with Gasteiger partial charge in [-0.1, -0.05) is 68.0 Å². The highest BCUT2D eigenvalue weighted by Crippen LogP contribution is 2.53. The smallest absolute Gasteiger partial charge is 0.00902 e. The molecule has 23 heavy (non-hydrogen) atoms. The lowest BCUT2D eigenvalue weighted by Crippen LogP contribution is -2.26. The first-order chi connectivity index (χ1) is 11.1. The van der Waals surface area contributed by atoms with Crippen molar-refractivity contribution in [3.05, 3.63) is 70.8 Å². The molecular formula is C23H28. The SMILES string of the molecule is Cc1ccc(C(C)C2(C)CC=C(C3=CC=CC4CC34)CC2)cc1. The maximum absolute atomic E-state index is 2.56. The molecule has 0 saturated heterocycles. The lowest BCUT2D eigenvalue weighted by Gasteiger charge is -2.39. The summed E-state index contributed by atoms with van der Waals surface area (Å²) < 4.78 is 0. The second kappa shape index (κ2) is 5.51. The van der Waals surface area contributed by atoms with Crippen LogP contribution in [0, 0.1) is 24.2 Å². The molecule has 0 aromatic heterocycles. The molecule has 0 heteroatoms. The Bertz CT molecular complexity index is 685. The molecule has 1 fully saturated rings. The molecule has 1 aromatic rings. The lowest BCUT2D eigenvalue weighted by molar-refractivity contribution is 0.235. The molecule has 0 aliphatic heterocycles. The van der Waals surface area contributed by atoms with Gasteiger partial charge < -0.3 is 0 Å². The quantitative estimate of drug-likeness (QED) is 0.610. The minimum atomic E-state index is 0.396. The third kappa shape index (κ3) is 2.73. The van der Waals surface area contributed by atoms with Gasteiger partial charge in [0.25, 0.3) is 0 Å². The average molecular weight is 304 g/mol. The lowest BCUT2D eigenvalue weighted by atomic mass is 9.65. The standard InChI is InChI=1S/C23H28/c1-16-7-9-18(10-8-16)17(2)23(3)13-11-19(12-14-23)21-6-4-5-20-15-22(20)21/h4-11,17,20,22H,12-15H2,1-3H3. The highest BCUT2D eigenvalue weighted by atomic mass is 14.5. The van der Waals surface area contributed by atoms with Crippen molar-refractivity contribution in [2.75, 3.05) is 0 Å². The van der Waals surface area contributed by atoms with Crippen molar-refractivity contribution in [2.24, 2.45) is 17.3 Å². The minimum absolute atomic E-state index is 0.396. The van der Waals surface area contributed by atoms with E-state index < -0.39 is 0 Å². The summed E-state index contributed by atoms with van der Waals surface area (Å²) in [6.45, 7) is 7.08. The van der Waals surface area contributed by atoms with E-state index in [0.29, 0.717) is 11.3 Å². The predicted molar refractivity (Wildman–Crippen MR) is 98.5 cm³/mol. The van der Waals surface area contributed by atoms with Crippen LogP contribution in [-0.4, -0.2) is 0 Å². The molecule has 0 nitrogen and oxygen atoms in total. The second-order valence-electron chi connectivity index (χ2n) is 8.23.